The molecule has 0 N–H and O–H groups in total. The maximum Gasteiger partial charge on any atom is 0.201 e. The van der Waals surface area contributed by atoms with Gasteiger partial charge in [-0.15, -0.1) is 11.3 Å². The van der Waals surface area contributed by atoms with Gasteiger partial charge < -0.3 is 4.48 Å². The summed E-state index contributed by atoms with van der Waals surface area (Å²) in [7, 11) is 4.42. The third-order valence-corrected chi connectivity index (χ3v) is 7.26. The van der Waals surface area contributed by atoms with Crippen LogP contribution in [0, 0.1) is 5.92 Å². The second-order valence-electron chi connectivity index (χ2n) is 7.58. The van der Waals surface area contributed by atoms with Crippen molar-refractivity contribution >= 4 is 17.1 Å². The number of rotatable bonds is 2. The van der Waals surface area contributed by atoms with Gasteiger partial charge in [0.05, 0.1) is 26.1 Å². The third kappa shape index (κ3) is 2.39. The number of carbonyl (C=O) groups excluding carboxylic acids is 1. The topological polar surface area (TPSA) is 17.1 Å². The van der Waals surface area contributed by atoms with Gasteiger partial charge in [0.15, 0.2) is 0 Å². The zero-order valence-electron chi connectivity index (χ0n) is 13.6. The summed E-state index contributed by atoms with van der Waals surface area (Å²) in [6, 6.07) is 4.45. The Balaban J connectivity index is 2.03. The first-order valence-electron chi connectivity index (χ1n) is 8.39. The number of likely N-dealkylation sites (N-methyl/N-ethyl adjacent to an activating group) is 1. The van der Waals surface area contributed by atoms with E-state index in [1.54, 1.807) is 11.3 Å². The summed E-state index contributed by atoms with van der Waals surface area (Å²) in [5, 5.41) is 2.15. The van der Waals surface area contributed by atoms with Crippen molar-refractivity contribution in [2.24, 2.45) is 5.92 Å². The van der Waals surface area contributed by atoms with Crippen molar-refractivity contribution in [1.82, 2.24) is 0 Å². The van der Waals surface area contributed by atoms with Crippen molar-refractivity contribution in [1.29, 1.82) is 0 Å². The molecule has 0 spiro atoms. The van der Waals surface area contributed by atoms with Crippen molar-refractivity contribution in [2.75, 3.05) is 20.6 Å². The Labute approximate surface area is 132 Å². The van der Waals surface area contributed by atoms with Crippen LogP contribution in [-0.4, -0.2) is 36.9 Å². The fourth-order valence-corrected chi connectivity index (χ4v) is 5.49. The van der Waals surface area contributed by atoms with Crippen LogP contribution < -0.4 is 0 Å². The number of likely N-dealkylation sites (tertiary alicyclic amines) is 1. The summed E-state index contributed by atoms with van der Waals surface area (Å²) in [5.41, 5.74) is -0.179. The molecule has 1 aromatic rings. The summed E-state index contributed by atoms with van der Waals surface area (Å²) < 4.78 is 0.846. The van der Waals surface area contributed by atoms with Crippen LogP contribution in [0.4, 0.5) is 0 Å². The minimum atomic E-state index is -0.179. The minimum absolute atomic E-state index is 0.114. The molecular formula is C18H28NOS+. The number of hydrogen-bond donors (Lipinski definition) is 0. The van der Waals surface area contributed by atoms with Gasteiger partial charge >= 0.3 is 0 Å². The van der Waals surface area contributed by atoms with Gasteiger partial charge in [0.1, 0.15) is 6.04 Å². The molecule has 0 amide bonds. The normalized spacial score (nSPS) is 34.0. The standard InChI is InChI=1S/C18H28NOS/c1-14-17(20)18(11-12-19(14,2)3,16-10-7-13-21-16)15-8-5-4-6-9-15/h7,10,13-15H,4-6,8-9,11-12H2,1-3H3/q+1/t14-,18+/m0/s1. The Morgan fingerprint density at radius 3 is 2.57 bits per heavy atom. The lowest BCUT2D eigenvalue weighted by atomic mass is 9.60. The molecule has 1 saturated heterocycles. The van der Waals surface area contributed by atoms with E-state index in [9.17, 15) is 4.79 Å². The molecule has 1 aliphatic heterocycles. The van der Waals surface area contributed by atoms with E-state index in [1.807, 2.05) is 0 Å². The third-order valence-electron chi connectivity index (χ3n) is 6.21. The lowest BCUT2D eigenvalue weighted by Gasteiger charge is -2.50. The number of carbonyl (C=O) groups is 1. The second kappa shape index (κ2) is 5.51. The fourth-order valence-electron chi connectivity index (χ4n) is 4.45. The van der Waals surface area contributed by atoms with Crippen LogP contribution in [0.25, 0.3) is 0 Å². The number of quaternary nitrogens is 1. The Morgan fingerprint density at radius 2 is 1.95 bits per heavy atom. The molecule has 2 aliphatic rings. The van der Waals surface area contributed by atoms with E-state index in [0.29, 0.717) is 11.7 Å². The van der Waals surface area contributed by atoms with Crippen molar-refractivity contribution in [3.8, 4) is 0 Å². The SMILES string of the molecule is C[C@H]1C(=O)[C@@](c2cccs2)(C2CCCCC2)CC[N+]1(C)C. The van der Waals surface area contributed by atoms with E-state index in [0.717, 1.165) is 17.4 Å². The highest BCUT2D eigenvalue weighted by atomic mass is 32.1. The van der Waals surface area contributed by atoms with E-state index in [2.05, 4.69) is 38.5 Å². The molecule has 0 unspecified atom stereocenters. The summed E-state index contributed by atoms with van der Waals surface area (Å²) in [4.78, 5) is 14.8. The maximum absolute atomic E-state index is 13.5. The molecule has 2 nitrogen and oxygen atoms in total. The maximum atomic E-state index is 13.5. The highest BCUT2D eigenvalue weighted by molar-refractivity contribution is 7.10. The number of Topliss-reactive ketones (excluding diaryl/α,β-unsaturated/α-hetero) is 1. The predicted octanol–water partition coefficient (Wildman–Crippen LogP) is 4.00. The molecule has 0 bridgehead atoms. The highest BCUT2D eigenvalue weighted by Crippen LogP contribution is 2.49. The molecule has 21 heavy (non-hydrogen) atoms. The Hall–Kier alpha value is -0.670. The van der Waals surface area contributed by atoms with Gasteiger partial charge in [0, 0.05) is 11.3 Å². The van der Waals surface area contributed by atoms with E-state index in [-0.39, 0.29) is 11.5 Å². The van der Waals surface area contributed by atoms with Gasteiger partial charge in [0.2, 0.25) is 5.78 Å². The summed E-state index contributed by atoms with van der Waals surface area (Å²) in [6.45, 7) is 3.26. The number of hydrogen-bond acceptors (Lipinski definition) is 2. The van der Waals surface area contributed by atoms with E-state index < -0.39 is 0 Å². The van der Waals surface area contributed by atoms with Crippen LogP contribution in [0.2, 0.25) is 0 Å². The quantitative estimate of drug-likeness (QED) is 0.755. The van der Waals surface area contributed by atoms with Crippen LogP contribution in [0.5, 0.6) is 0 Å². The molecule has 1 aliphatic carbocycles. The zero-order chi connectivity index (χ0) is 15.1. The van der Waals surface area contributed by atoms with Crippen LogP contribution >= 0.6 is 11.3 Å². The van der Waals surface area contributed by atoms with E-state index in [1.165, 1.54) is 37.0 Å². The van der Waals surface area contributed by atoms with Gasteiger partial charge in [-0.25, -0.2) is 0 Å². The molecule has 116 valence electrons. The van der Waals surface area contributed by atoms with Gasteiger partial charge in [-0.2, -0.15) is 0 Å². The smallest absolute Gasteiger partial charge is 0.201 e. The highest BCUT2D eigenvalue weighted by Gasteiger charge is 2.56. The molecule has 1 saturated carbocycles. The summed E-state index contributed by atoms with van der Waals surface area (Å²) in [6.07, 6.45) is 7.47. The lowest BCUT2D eigenvalue weighted by Crippen LogP contribution is -2.64. The van der Waals surface area contributed by atoms with Crippen LogP contribution in [0.15, 0.2) is 17.5 Å². The first-order chi connectivity index (χ1) is 9.98. The summed E-state index contributed by atoms with van der Waals surface area (Å²) in [5.74, 6) is 1.08. The minimum Gasteiger partial charge on any atom is -0.320 e. The molecule has 2 heterocycles. The largest absolute Gasteiger partial charge is 0.320 e. The number of nitrogens with zero attached hydrogens (tertiary/aromatic N) is 1. The average molecular weight is 306 g/mol. The van der Waals surface area contributed by atoms with Gasteiger partial charge in [-0.3, -0.25) is 4.79 Å². The summed E-state index contributed by atoms with van der Waals surface area (Å²) >= 11 is 1.80. The van der Waals surface area contributed by atoms with Gasteiger partial charge in [-0.1, -0.05) is 25.3 Å². The first kappa shape index (κ1) is 15.2. The van der Waals surface area contributed by atoms with Crippen molar-refractivity contribution in [3.63, 3.8) is 0 Å². The Bertz CT molecular complexity index is 501. The molecule has 0 aromatic carbocycles. The average Bonchev–Trinajstić information content (AvgIpc) is 3.01. The number of ketones is 1. The monoisotopic (exact) mass is 306 g/mol. The molecule has 1 aromatic heterocycles. The predicted molar refractivity (Wildman–Crippen MR) is 88.6 cm³/mol. The van der Waals surface area contributed by atoms with Crippen molar-refractivity contribution in [2.45, 2.75) is 56.9 Å². The zero-order valence-corrected chi connectivity index (χ0v) is 14.4. The van der Waals surface area contributed by atoms with Crippen LogP contribution in [0.1, 0.15) is 50.3 Å². The molecular weight excluding hydrogens is 278 g/mol. The second-order valence-corrected chi connectivity index (χ2v) is 8.52. The fraction of sp³-hybridized carbons (Fsp3) is 0.722. The van der Waals surface area contributed by atoms with Crippen LogP contribution in [-0.2, 0) is 10.2 Å². The van der Waals surface area contributed by atoms with Crippen molar-refractivity contribution in [3.05, 3.63) is 22.4 Å². The molecule has 2 atom stereocenters. The van der Waals surface area contributed by atoms with Gasteiger partial charge in [-0.05, 0) is 37.1 Å². The first-order valence-corrected chi connectivity index (χ1v) is 9.27. The number of piperidine rings is 1. The van der Waals surface area contributed by atoms with E-state index in [4.69, 9.17) is 0 Å². The number of thiophene rings is 1. The van der Waals surface area contributed by atoms with E-state index >= 15 is 0 Å². The van der Waals surface area contributed by atoms with Crippen molar-refractivity contribution < 1.29 is 9.28 Å². The Kier molecular flexibility index (Phi) is 4.00. The Morgan fingerprint density at radius 1 is 1.24 bits per heavy atom. The lowest BCUT2D eigenvalue weighted by molar-refractivity contribution is -0.907. The molecule has 0 radical (unpaired) electrons. The molecule has 3 rings (SSSR count). The van der Waals surface area contributed by atoms with Crippen LogP contribution in [0.3, 0.4) is 0 Å². The van der Waals surface area contributed by atoms with Gasteiger partial charge in [0.25, 0.3) is 0 Å². The molecule has 2 fully saturated rings. The molecule has 3 heteroatoms.